The van der Waals surface area contributed by atoms with Crippen molar-refractivity contribution in [1.82, 2.24) is 4.98 Å². The minimum Gasteiger partial charge on any atom is -0.372 e. The Morgan fingerprint density at radius 2 is 1.86 bits per heavy atom. The number of hydrogen-bond acceptors (Lipinski definition) is 4. The lowest BCUT2D eigenvalue weighted by atomic mass is 10.0. The summed E-state index contributed by atoms with van der Waals surface area (Å²) in [6, 6.07) is 9.34. The number of benzene rings is 1. The Labute approximate surface area is 135 Å². The lowest BCUT2D eigenvalue weighted by molar-refractivity contribution is -0.106. The van der Waals surface area contributed by atoms with Crippen molar-refractivity contribution in [2.45, 2.75) is 0 Å². The van der Waals surface area contributed by atoms with Crippen molar-refractivity contribution < 1.29 is 9.59 Å². The normalized spacial score (nSPS) is 9.86. The van der Waals surface area contributed by atoms with Gasteiger partial charge in [-0.15, -0.1) is 11.3 Å². The number of thiophene rings is 1. The van der Waals surface area contributed by atoms with Gasteiger partial charge in [0.25, 0.3) is 5.91 Å². The van der Waals surface area contributed by atoms with Gasteiger partial charge in [-0.25, -0.2) is 0 Å². The zero-order valence-corrected chi connectivity index (χ0v) is 12.9. The molecule has 0 saturated carbocycles. The molecule has 3 rings (SSSR count). The number of fused-ring (bicyclic) bond motifs is 1. The van der Waals surface area contributed by atoms with Crippen molar-refractivity contribution in [2.75, 3.05) is 0 Å². The first-order valence-corrected chi connectivity index (χ1v) is 7.35. The molecule has 0 spiro atoms. The molecule has 0 saturated heterocycles. The maximum Gasteiger partial charge on any atom is 0.258 e. The Balaban J connectivity index is 0.000000545. The largest absolute Gasteiger partial charge is 0.372 e. The van der Waals surface area contributed by atoms with Crippen LogP contribution in [0.2, 0.25) is 5.02 Å². The second kappa shape index (κ2) is 7.02. The first-order valence-electron chi connectivity index (χ1n) is 6.15. The van der Waals surface area contributed by atoms with E-state index in [4.69, 9.17) is 22.1 Å². The fourth-order valence-electron chi connectivity index (χ4n) is 1.94. The van der Waals surface area contributed by atoms with Crippen molar-refractivity contribution in [1.29, 1.82) is 0 Å². The van der Waals surface area contributed by atoms with Crippen LogP contribution in [0.3, 0.4) is 0 Å². The second-order valence-electron chi connectivity index (χ2n) is 4.22. The number of rotatable bonds is 2. The summed E-state index contributed by atoms with van der Waals surface area (Å²) in [7, 11) is 0. The molecule has 0 fully saturated rings. The number of primary amides is 2. The molecule has 2 aromatic heterocycles. The van der Waals surface area contributed by atoms with Crippen molar-refractivity contribution in [3.8, 4) is 11.1 Å². The van der Waals surface area contributed by atoms with Crippen LogP contribution in [0.15, 0.2) is 42.7 Å². The van der Waals surface area contributed by atoms with Gasteiger partial charge >= 0.3 is 0 Å². The predicted octanol–water partition coefficient (Wildman–Crippen LogP) is 2.82. The van der Waals surface area contributed by atoms with E-state index in [0.29, 0.717) is 9.90 Å². The lowest BCUT2D eigenvalue weighted by Gasteiger charge is -2.02. The van der Waals surface area contributed by atoms with E-state index in [-0.39, 0.29) is 6.41 Å². The van der Waals surface area contributed by atoms with E-state index >= 15 is 0 Å². The molecule has 0 unspecified atom stereocenters. The monoisotopic (exact) mass is 333 g/mol. The molecule has 1 aromatic carbocycles. The van der Waals surface area contributed by atoms with Crippen LogP contribution in [0.5, 0.6) is 0 Å². The van der Waals surface area contributed by atoms with Gasteiger partial charge < -0.3 is 11.5 Å². The number of aromatic nitrogens is 1. The van der Waals surface area contributed by atoms with Crippen LogP contribution in [0, 0.1) is 0 Å². The van der Waals surface area contributed by atoms with Gasteiger partial charge in [0, 0.05) is 28.4 Å². The molecule has 0 bridgehead atoms. The van der Waals surface area contributed by atoms with Gasteiger partial charge in [0.1, 0.15) is 0 Å². The average Bonchev–Trinajstić information content (AvgIpc) is 2.93. The molecule has 0 radical (unpaired) electrons. The number of halogens is 1. The molecule has 0 aliphatic carbocycles. The van der Waals surface area contributed by atoms with Gasteiger partial charge in [-0.1, -0.05) is 23.7 Å². The molecule has 7 heteroatoms. The summed E-state index contributed by atoms with van der Waals surface area (Å²) in [5.74, 6) is -0.414. The highest BCUT2D eigenvalue weighted by Gasteiger charge is 2.11. The summed E-state index contributed by atoms with van der Waals surface area (Å²) in [6.07, 6.45) is 3.77. The van der Waals surface area contributed by atoms with Crippen LogP contribution in [0.1, 0.15) is 9.67 Å². The summed E-state index contributed by atoms with van der Waals surface area (Å²) >= 11 is 7.24. The summed E-state index contributed by atoms with van der Waals surface area (Å²) in [5, 5.41) is 1.67. The summed E-state index contributed by atoms with van der Waals surface area (Å²) in [4.78, 5) is 24.6. The van der Waals surface area contributed by atoms with Crippen LogP contribution in [-0.4, -0.2) is 17.3 Å². The standard InChI is InChI=1S/C14H9ClN2OS.CH3NO/c15-9-3-1-8(2-4-9)11-6-17-7-13-10(11)5-12(19-13)14(16)18;2-1-3/h1-7H,(H2,16,18);1H,(H2,2,3). The number of carbonyl (C=O) groups is 2. The number of carbonyl (C=O) groups excluding carboxylic acids is 2. The molecule has 0 aliphatic heterocycles. The number of pyridine rings is 1. The van der Waals surface area contributed by atoms with Crippen LogP contribution in [0.25, 0.3) is 21.2 Å². The third kappa shape index (κ3) is 3.41. The Morgan fingerprint density at radius 1 is 1.23 bits per heavy atom. The molecular formula is C15H12ClN3O2S. The average molecular weight is 334 g/mol. The van der Waals surface area contributed by atoms with E-state index in [2.05, 4.69) is 10.7 Å². The Kier molecular flexibility index (Phi) is 5.08. The van der Waals surface area contributed by atoms with Gasteiger partial charge in [0.05, 0.1) is 9.58 Å². The molecule has 0 atom stereocenters. The fraction of sp³-hybridized carbons (Fsp3) is 0. The minimum absolute atomic E-state index is 0.250. The van der Waals surface area contributed by atoms with Crippen LogP contribution >= 0.6 is 22.9 Å². The molecule has 2 heterocycles. The van der Waals surface area contributed by atoms with Crippen molar-refractivity contribution >= 4 is 45.3 Å². The van der Waals surface area contributed by atoms with Crippen LogP contribution in [-0.2, 0) is 4.79 Å². The van der Waals surface area contributed by atoms with Crippen molar-refractivity contribution in [3.05, 3.63) is 52.6 Å². The molecule has 2 amide bonds. The van der Waals surface area contributed by atoms with Gasteiger partial charge in [-0.05, 0) is 23.8 Å². The van der Waals surface area contributed by atoms with E-state index in [1.165, 1.54) is 11.3 Å². The number of nitrogens with two attached hydrogens (primary N) is 2. The van der Waals surface area contributed by atoms with E-state index in [1.54, 1.807) is 12.4 Å². The molecule has 112 valence electrons. The summed E-state index contributed by atoms with van der Waals surface area (Å²) in [6.45, 7) is 0. The highest BCUT2D eigenvalue weighted by molar-refractivity contribution is 7.20. The highest BCUT2D eigenvalue weighted by atomic mass is 35.5. The van der Waals surface area contributed by atoms with Crippen LogP contribution in [0.4, 0.5) is 0 Å². The van der Waals surface area contributed by atoms with Crippen molar-refractivity contribution in [2.24, 2.45) is 11.5 Å². The number of amides is 2. The first kappa shape index (κ1) is 15.9. The second-order valence-corrected chi connectivity index (χ2v) is 5.74. The molecule has 4 N–H and O–H groups in total. The zero-order chi connectivity index (χ0) is 16.1. The van der Waals surface area contributed by atoms with Gasteiger partial charge in [0.15, 0.2) is 0 Å². The molecule has 0 aliphatic rings. The Hall–Kier alpha value is -2.44. The van der Waals surface area contributed by atoms with E-state index in [9.17, 15) is 4.79 Å². The van der Waals surface area contributed by atoms with Gasteiger partial charge in [-0.2, -0.15) is 0 Å². The molecule has 5 nitrogen and oxygen atoms in total. The van der Waals surface area contributed by atoms with Crippen molar-refractivity contribution in [3.63, 3.8) is 0 Å². The van der Waals surface area contributed by atoms with E-state index in [1.807, 2.05) is 30.3 Å². The summed E-state index contributed by atoms with van der Waals surface area (Å²) < 4.78 is 0.946. The highest BCUT2D eigenvalue weighted by Crippen LogP contribution is 2.33. The quantitative estimate of drug-likeness (QED) is 0.705. The molecule has 22 heavy (non-hydrogen) atoms. The maximum atomic E-state index is 11.3. The van der Waals surface area contributed by atoms with E-state index in [0.717, 1.165) is 21.2 Å². The minimum atomic E-state index is -0.414. The zero-order valence-electron chi connectivity index (χ0n) is 11.3. The first-order chi connectivity index (χ1) is 10.6. The van der Waals surface area contributed by atoms with E-state index < -0.39 is 5.91 Å². The SMILES string of the molecule is NC(=O)c1cc2c(-c3ccc(Cl)cc3)cncc2s1.NC=O. The topological polar surface area (TPSA) is 99.1 Å². The lowest BCUT2D eigenvalue weighted by Crippen LogP contribution is -2.08. The van der Waals surface area contributed by atoms with Gasteiger partial charge in [-0.3, -0.25) is 14.6 Å². The molecule has 3 aromatic rings. The smallest absolute Gasteiger partial charge is 0.258 e. The number of nitrogens with zero attached hydrogens (tertiary/aromatic N) is 1. The third-order valence-electron chi connectivity index (χ3n) is 2.84. The Bertz CT molecular complexity index is 815. The maximum absolute atomic E-state index is 11.3. The van der Waals surface area contributed by atoms with Crippen LogP contribution < -0.4 is 11.5 Å². The fourth-order valence-corrected chi connectivity index (χ4v) is 2.97. The predicted molar refractivity (Wildman–Crippen MR) is 88.8 cm³/mol. The summed E-state index contributed by atoms with van der Waals surface area (Å²) in [5.41, 5.74) is 11.5. The number of hydrogen-bond donors (Lipinski definition) is 2. The molecular weight excluding hydrogens is 322 g/mol. The Morgan fingerprint density at radius 3 is 2.45 bits per heavy atom. The van der Waals surface area contributed by atoms with Gasteiger partial charge in [0.2, 0.25) is 6.41 Å². The third-order valence-corrected chi connectivity index (χ3v) is 4.18.